The number of likely N-dealkylation sites (tertiary alicyclic amines) is 1. The first-order chi connectivity index (χ1) is 8.35. The van der Waals surface area contributed by atoms with E-state index in [1.165, 1.54) is 37.9 Å². The third-order valence-corrected chi connectivity index (χ3v) is 3.55. The largest absolute Gasteiger partial charge is 0.329 e. The molecule has 1 fully saturated rings. The van der Waals surface area contributed by atoms with Crippen LogP contribution in [0.5, 0.6) is 0 Å². The molecule has 2 rings (SSSR count). The highest BCUT2D eigenvalue weighted by atomic mass is 15.3. The lowest BCUT2D eigenvalue weighted by molar-refractivity contribution is 0.167. The van der Waals surface area contributed by atoms with Crippen LogP contribution in [0.15, 0.2) is 12.4 Å². The second-order valence-electron chi connectivity index (χ2n) is 4.88. The number of rotatable bonds is 5. The molecule has 0 aromatic carbocycles. The van der Waals surface area contributed by atoms with Crippen LogP contribution >= 0.6 is 0 Å². The SMILES string of the molecule is CCCn1cc(C(CN)N2CCCCC2)cn1. The molecule has 2 N–H and O–H groups in total. The molecule has 4 nitrogen and oxygen atoms in total. The van der Waals surface area contributed by atoms with Gasteiger partial charge in [0.15, 0.2) is 0 Å². The summed E-state index contributed by atoms with van der Waals surface area (Å²) in [5.41, 5.74) is 7.22. The molecule has 0 aliphatic carbocycles. The minimum atomic E-state index is 0.362. The maximum Gasteiger partial charge on any atom is 0.0538 e. The number of piperidine rings is 1. The molecule has 17 heavy (non-hydrogen) atoms. The smallest absolute Gasteiger partial charge is 0.0538 e. The molecule has 1 aliphatic rings. The Labute approximate surface area is 104 Å². The van der Waals surface area contributed by atoms with Gasteiger partial charge in [0, 0.05) is 24.8 Å². The van der Waals surface area contributed by atoms with Gasteiger partial charge in [-0.2, -0.15) is 5.10 Å². The van der Waals surface area contributed by atoms with Crippen LogP contribution in [0.25, 0.3) is 0 Å². The molecular formula is C13H24N4. The van der Waals surface area contributed by atoms with Crippen LogP contribution < -0.4 is 5.73 Å². The van der Waals surface area contributed by atoms with Crippen LogP contribution in [-0.4, -0.2) is 34.3 Å². The van der Waals surface area contributed by atoms with Crippen molar-refractivity contribution in [2.24, 2.45) is 5.73 Å². The van der Waals surface area contributed by atoms with Crippen molar-refractivity contribution in [2.45, 2.75) is 45.2 Å². The van der Waals surface area contributed by atoms with E-state index >= 15 is 0 Å². The summed E-state index contributed by atoms with van der Waals surface area (Å²) < 4.78 is 2.03. The van der Waals surface area contributed by atoms with Gasteiger partial charge in [0.05, 0.1) is 12.2 Å². The van der Waals surface area contributed by atoms with Crippen LogP contribution in [0.3, 0.4) is 0 Å². The van der Waals surface area contributed by atoms with Gasteiger partial charge in [-0.3, -0.25) is 9.58 Å². The van der Waals surface area contributed by atoms with E-state index in [0.29, 0.717) is 12.6 Å². The van der Waals surface area contributed by atoms with E-state index in [9.17, 15) is 0 Å². The van der Waals surface area contributed by atoms with Crippen LogP contribution in [0.2, 0.25) is 0 Å². The van der Waals surface area contributed by atoms with Gasteiger partial charge in [0.2, 0.25) is 0 Å². The Morgan fingerprint density at radius 1 is 1.35 bits per heavy atom. The number of aromatic nitrogens is 2. The molecule has 1 saturated heterocycles. The highest BCUT2D eigenvalue weighted by Crippen LogP contribution is 2.23. The van der Waals surface area contributed by atoms with E-state index < -0.39 is 0 Å². The second kappa shape index (κ2) is 6.17. The van der Waals surface area contributed by atoms with Gasteiger partial charge in [-0.15, -0.1) is 0 Å². The summed E-state index contributed by atoms with van der Waals surface area (Å²) >= 11 is 0. The van der Waals surface area contributed by atoms with E-state index in [1.807, 2.05) is 10.9 Å². The van der Waals surface area contributed by atoms with Gasteiger partial charge in [0.25, 0.3) is 0 Å². The number of aryl methyl sites for hydroxylation is 1. The summed E-state index contributed by atoms with van der Waals surface area (Å²) in [6, 6.07) is 0.362. The Hall–Kier alpha value is -0.870. The Balaban J connectivity index is 2.04. The topological polar surface area (TPSA) is 47.1 Å². The summed E-state index contributed by atoms with van der Waals surface area (Å²) in [4.78, 5) is 2.51. The van der Waals surface area contributed by atoms with Gasteiger partial charge in [0.1, 0.15) is 0 Å². The van der Waals surface area contributed by atoms with Crippen molar-refractivity contribution in [2.75, 3.05) is 19.6 Å². The summed E-state index contributed by atoms with van der Waals surface area (Å²) in [5, 5.41) is 4.40. The van der Waals surface area contributed by atoms with Gasteiger partial charge >= 0.3 is 0 Å². The van der Waals surface area contributed by atoms with Crippen LogP contribution in [0, 0.1) is 0 Å². The van der Waals surface area contributed by atoms with E-state index in [1.54, 1.807) is 0 Å². The highest BCUT2D eigenvalue weighted by molar-refractivity contribution is 5.11. The van der Waals surface area contributed by atoms with Crippen LogP contribution in [0.4, 0.5) is 0 Å². The lowest BCUT2D eigenvalue weighted by Gasteiger charge is -2.33. The van der Waals surface area contributed by atoms with Crippen LogP contribution in [0.1, 0.15) is 44.2 Å². The molecule has 1 aliphatic heterocycles. The second-order valence-corrected chi connectivity index (χ2v) is 4.88. The molecule has 0 saturated carbocycles. The Morgan fingerprint density at radius 2 is 2.12 bits per heavy atom. The molecule has 0 amide bonds. The monoisotopic (exact) mass is 236 g/mol. The molecule has 1 atom stereocenters. The van der Waals surface area contributed by atoms with E-state index in [-0.39, 0.29) is 0 Å². The lowest BCUT2D eigenvalue weighted by Crippen LogP contribution is -2.37. The van der Waals surface area contributed by atoms with Crippen molar-refractivity contribution in [3.05, 3.63) is 18.0 Å². The lowest BCUT2D eigenvalue weighted by atomic mass is 10.0. The zero-order valence-corrected chi connectivity index (χ0v) is 10.8. The van der Waals surface area contributed by atoms with E-state index in [4.69, 9.17) is 5.73 Å². The first kappa shape index (κ1) is 12.6. The summed E-state index contributed by atoms with van der Waals surface area (Å²) in [6.07, 6.45) is 9.25. The fourth-order valence-electron chi connectivity index (χ4n) is 2.63. The predicted molar refractivity (Wildman–Crippen MR) is 69.7 cm³/mol. The van der Waals surface area contributed by atoms with Gasteiger partial charge < -0.3 is 5.73 Å². The Bertz CT molecular complexity index is 328. The molecule has 0 bridgehead atoms. The predicted octanol–water partition coefficient (Wildman–Crippen LogP) is 1.78. The molecule has 96 valence electrons. The summed E-state index contributed by atoms with van der Waals surface area (Å²) in [5.74, 6) is 0. The van der Waals surface area contributed by atoms with Crippen molar-refractivity contribution in [1.82, 2.24) is 14.7 Å². The first-order valence-corrected chi connectivity index (χ1v) is 6.81. The van der Waals surface area contributed by atoms with Crippen molar-refractivity contribution in [1.29, 1.82) is 0 Å². The average Bonchev–Trinajstić information content (AvgIpc) is 2.81. The van der Waals surface area contributed by atoms with Gasteiger partial charge in [-0.25, -0.2) is 0 Å². The third-order valence-electron chi connectivity index (χ3n) is 3.55. The Kier molecular flexibility index (Phi) is 4.57. The molecule has 1 aromatic heterocycles. The van der Waals surface area contributed by atoms with Gasteiger partial charge in [-0.05, 0) is 32.4 Å². The minimum absolute atomic E-state index is 0.362. The maximum atomic E-state index is 5.94. The van der Waals surface area contributed by atoms with Gasteiger partial charge in [-0.1, -0.05) is 13.3 Å². The fraction of sp³-hybridized carbons (Fsp3) is 0.769. The highest BCUT2D eigenvalue weighted by Gasteiger charge is 2.21. The molecule has 4 heteroatoms. The minimum Gasteiger partial charge on any atom is -0.329 e. The van der Waals surface area contributed by atoms with Crippen molar-refractivity contribution >= 4 is 0 Å². The molecule has 1 unspecified atom stereocenters. The normalized spacial score (nSPS) is 19.4. The number of hydrogen-bond acceptors (Lipinski definition) is 3. The number of nitrogens with zero attached hydrogens (tertiary/aromatic N) is 3. The molecule has 1 aromatic rings. The molecule has 0 spiro atoms. The Morgan fingerprint density at radius 3 is 2.76 bits per heavy atom. The third kappa shape index (κ3) is 3.07. The fourth-order valence-corrected chi connectivity index (χ4v) is 2.63. The van der Waals surface area contributed by atoms with Crippen molar-refractivity contribution in [3.8, 4) is 0 Å². The first-order valence-electron chi connectivity index (χ1n) is 6.81. The number of nitrogens with two attached hydrogens (primary N) is 1. The summed E-state index contributed by atoms with van der Waals surface area (Å²) in [6.45, 7) is 6.23. The van der Waals surface area contributed by atoms with E-state index in [0.717, 1.165) is 13.0 Å². The number of hydrogen-bond donors (Lipinski definition) is 1. The molecule has 0 radical (unpaired) electrons. The average molecular weight is 236 g/mol. The van der Waals surface area contributed by atoms with Crippen LogP contribution in [-0.2, 0) is 6.54 Å². The zero-order valence-electron chi connectivity index (χ0n) is 10.8. The molecular weight excluding hydrogens is 212 g/mol. The summed E-state index contributed by atoms with van der Waals surface area (Å²) in [7, 11) is 0. The van der Waals surface area contributed by atoms with Crippen molar-refractivity contribution < 1.29 is 0 Å². The maximum absolute atomic E-state index is 5.94. The van der Waals surface area contributed by atoms with Crippen molar-refractivity contribution in [3.63, 3.8) is 0 Å². The molecule has 2 heterocycles. The standard InChI is InChI=1S/C13H24N4/c1-2-6-17-11-12(10-15-17)13(9-14)16-7-4-3-5-8-16/h10-11,13H,2-9,14H2,1H3. The quantitative estimate of drug-likeness (QED) is 0.847. The zero-order chi connectivity index (χ0) is 12.1. The van der Waals surface area contributed by atoms with E-state index in [2.05, 4.69) is 23.1 Å².